The average Bonchev–Trinajstić information content (AvgIpc) is 4.10. The third kappa shape index (κ3) is 21.4. The van der Waals surface area contributed by atoms with Gasteiger partial charge in [-0.15, -0.1) is 0 Å². The molecule has 0 unspecified atom stereocenters. The second kappa shape index (κ2) is 33.9. The maximum Gasteiger partial charge on any atom is 0.252 e. The summed E-state index contributed by atoms with van der Waals surface area (Å²) in [6, 6.07) is 0.00731. The van der Waals surface area contributed by atoms with Crippen molar-refractivity contribution in [3.05, 3.63) is 47.5 Å². The number of nitrogens with two attached hydrogens (primary N) is 6. The van der Waals surface area contributed by atoms with E-state index in [1.165, 1.54) is 36.4 Å². The second-order valence-corrected chi connectivity index (χ2v) is 20.3. The van der Waals surface area contributed by atoms with Crippen LogP contribution >= 0.6 is 21.6 Å². The van der Waals surface area contributed by atoms with Gasteiger partial charge in [-0.05, 0) is 114 Å². The molecule has 0 spiro atoms. The molecule has 10 amide bonds. The van der Waals surface area contributed by atoms with Gasteiger partial charge in [0.1, 0.15) is 36.3 Å². The molecule has 0 fully saturated rings. The van der Waals surface area contributed by atoms with Gasteiger partial charge in [-0.1, -0.05) is 21.6 Å². The summed E-state index contributed by atoms with van der Waals surface area (Å²) in [6.45, 7) is 1.43. The first-order valence-electron chi connectivity index (χ1n) is 25.3. The Morgan fingerprint density at radius 2 is 0.769 bits per heavy atom. The molecule has 28 nitrogen and oxygen atoms in total. The van der Waals surface area contributed by atoms with E-state index in [2.05, 4.69) is 42.5 Å². The number of rotatable bonds is 37. The fourth-order valence-corrected chi connectivity index (χ4v) is 9.79. The maximum absolute atomic E-state index is 14.3. The lowest BCUT2D eigenvalue weighted by atomic mass is 10.1. The van der Waals surface area contributed by atoms with Crippen molar-refractivity contribution in [3.8, 4) is 23.0 Å². The number of primary amides is 2. The zero-order chi connectivity index (χ0) is 57.0. The lowest BCUT2D eigenvalue weighted by molar-refractivity contribution is -0.132. The lowest BCUT2D eigenvalue weighted by Crippen LogP contribution is -2.58. The SMILES string of the molecule is NCCCC[C@H](NC(=O)[C@H](CSSC[C@H](NC(=O)[C@H](CC(N)=O)NC(=O)c1ccc2c(c1)OCO2)C(=O)N[C@@H](CCCCN)C(=O)NCCCN)NC(=O)[C@H](CC(N)=O)NC(=O)c1ccc2c(c1)OCO2)C(=O)NCCCN. The van der Waals surface area contributed by atoms with Crippen LogP contribution in [0, 0.1) is 0 Å². The Balaban J connectivity index is 1.62. The number of hydrogen-bond acceptors (Lipinski definition) is 20. The molecule has 0 aromatic heterocycles. The minimum absolute atomic E-state index is 0.0385. The summed E-state index contributed by atoms with van der Waals surface area (Å²) in [6.07, 6.45) is 1.68. The van der Waals surface area contributed by atoms with E-state index >= 15 is 0 Å². The quantitative estimate of drug-likeness (QED) is 0.0229. The highest BCUT2D eigenvalue weighted by Gasteiger charge is 2.34. The van der Waals surface area contributed by atoms with E-state index in [1.807, 2.05) is 0 Å². The fourth-order valence-electron chi connectivity index (χ4n) is 7.46. The normalized spacial score (nSPS) is 14.3. The molecule has 2 aromatic carbocycles. The molecule has 0 saturated heterocycles. The number of amides is 10. The molecular formula is C48H72N14O14S2. The smallest absolute Gasteiger partial charge is 0.252 e. The van der Waals surface area contributed by atoms with E-state index in [0.717, 1.165) is 21.6 Å². The number of nitrogens with one attached hydrogen (secondary N) is 8. The number of carbonyl (C=O) groups is 10. The van der Waals surface area contributed by atoms with Crippen molar-refractivity contribution in [1.82, 2.24) is 42.5 Å². The molecule has 20 N–H and O–H groups in total. The Labute approximate surface area is 458 Å². The van der Waals surface area contributed by atoms with Crippen molar-refractivity contribution in [2.24, 2.45) is 34.4 Å². The minimum Gasteiger partial charge on any atom is -0.454 e. The van der Waals surface area contributed by atoms with Crippen molar-refractivity contribution >= 4 is 80.7 Å². The van der Waals surface area contributed by atoms with E-state index in [1.54, 1.807) is 0 Å². The molecule has 0 aliphatic carbocycles. The van der Waals surface area contributed by atoms with Crippen molar-refractivity contribution < 1.29 is 66.9 Å². The first-order chi connectivity index (χ1) is 37.5. The van der Waals surface area contributed by atoms with Crippen LogP contribution < -0.4 is 95.9 Å². The number of hydrogen-bond donors (Lipinski definition) is 14. The highest BCUT2D eigenvalue weighted by atomic mass is 33.1. The lowest BCUT2D eigenvalue weighted by Gasteiger charge is -2.26. The molecule has 78 heavy (non-hydrogen) atoms. The highest BCUT2D eigenvalue weighted by molar-refractivity contribution is 8.76. The van der Waals surface area contributed by atoms with Gasteiger partial charge in [-0.25, -0.2) is 0 Å². The third-order valence-corrected chi connectivity index (χ3v) is 14.1. The van der Waals surface area contributed by atoms with E-state index in [9.17, 15) is 47.9 Å². The van der Waals surface area contributed by atoms with Crippen LogP contribution in [0.25, 0.3) is 0 Å². The van der Waals surface area contributed by atoms with Gasteiger partial charge in [0.25, 0.3) is 11.8 Å². The number of fused-ring (bicyclic) bond motifs is 2. The molecule has 2 heterocycles. The predicted molar refractivity (Wildman–Crippen MR) is 287 cm³/mol. The van der Waals surface area contributed by atoms with E-state index in [-0.39, 0.29) is 86.7 Å². The van der Waals surface area contributed by atoms with Crippen LogP contribution in [-0.2, 0) is 38.4 Å². The molecule has 430 valence electrons. The molecular weight excluding hydrogens is 1060 g/mol. The van der Waals surface area contributed by atoms with Crippen molar-refractivity contribution in [2.45, 2.75) is 100 Å². The van der Waals surface area contributed by atoms with Gasteiger partial charge in [-0.2, -0.15) is 0 Å². The molecule has 0 saturated carbocycles. The Morgan fingerprint density at radius 1 is 0.423 bits per heavy atom. The topological polar surface area (TPSA) is 460 Å². The summed E-state index contributed by atoms with van der Waals surface area (Å²) < 4.78 is 21.3. The largest absolute Gasteiger partial charge is 0.454 e. The standard InChI is InChI=1S/C48H72N14O14S2/c49-13-3-1-7-29(43(67)55-17-5-15-51)57-47(71)33(61-45(69)31(21-39(53)63)59-41(65)27-9-11-35-37(19-27)75-25-73-35)23-77-78-24-34(48(72)58-30(8-2-4-14-50)44(68)56-18-6-16-52)62-46(70)32(22-40(54)64)60-42(66)28-10-12-36-38(20-28)76-26-74-36/h9-12,19-20,29-34H,1-8,13-18,21-26,49-52H2,(H2,53,63)(H2,54,64)(H,55,67)(H,56,68)(H,57,71)(H,58,72)(H,59,65)(H,60,66)(H,61,69)(H,62,70)/t29-,30-,31-,32-,33-,34-/m0/s1. The molecule has 30 heteroatoms. The van der Waals surface area contributed by atoms with Gasteiger partial charge in [0, 0.05) is 35.7 Å². The Hall–Kier alpha value is -7.12. The average molecular weight is 1130 g/mol. The van der Waals surface area contributed by atoms with Crippen molar-refractivity contribution in [2.75, 3.05) is 64.4 Å². The van der Waals surface area contributed by atoms with Crippen molar-refractivity contribution in [1.29, 1.82) is 0 Å². The summed E-state index contributed by atoms with van der Waals surface area (Å²) in [5.74, 6) is -7.73. The Bertz CT molecular complexity index is 2250. The summed E-state index contributed by atoms with van der Waals surface area (Å²) in [5.41, 5.74) is 33.8. The van der Waals surface area contributed by atoms with E-state index < -0.39 is 108 Å². The van der Waals surface area contributed by atoms with E-state index in [0.29, 0.717) is 63.1 Å². The zero-order valence-corrected chi connectivity index (χ0v) is 44.7. The second-order valence-electron chi connectivity index (χ2n) is 17.8. The molecule has 0 bridgehead atoms. The van der Waals surface area contributed by atoms with Crippen LogP contribution in [-0.4, -0.2) is 160 Å². The number of unbranched alkanes of at least 4 members (excludes halogenated alkanes) is 2. The van der Waals surface area contributed by atoms with Crippen LogP contribution in [0.4, 0.5) is 0 Å². The molecule has 4 rings (SSSR count). The van der Waals surface area contributed by atoms with Gasteiger partial charge >= 0.3 is 0 Å². The summed E-state index contributed by atoms with van der Waals surface area (Å²) >= 11 is 0. The van der Waals surface area contributed by atoms with Gasteiger partial charge < -0.3 is 95.9 Å². The van der Waals surface area contributed by atoms with Gasteiger partial charge in [0.2, 0.25) is 60.8 Å². The summed E-state index contributed by atoms with van der Waals surface area (Å²) in [7, 11) is 1.84. The molecule has 2 aromatic rings. The van der Waals surface area contributed by atoms with Gasteiger partial charge in [0.05, 0.1) is 12.8 Å². The van der Waals surface area contributed by atoms with Gasteiger partial charge in [-0.3, -0.25) is 47.9 Å². The van der Waals surface area contributed by atoms with Crippen LogP contribution in [0.1, 0.15) is 84.9 Å². The third-order valence-electron chi connectivity index (χ3n) is 11.7. The van der Waals surface area contributed by atoms with Crippen LogP contribution in [0.3, 0.4) is 0 Å². The molecule has 0 radical (unpaired) electrons. The fraction of sp³-hybridized carbons (Fsp3) is 0.542. The molecule has 2 aliphatic rings. The highest BCUT2D eigenvalue weighted by Crippen LogP contribution is 2.33. The molecule has 6 atom stereocenters. The number of carbonyl (C=O) groups excluding carboxylic acids is 10. The van der Waals surface area contributed by atoms with Gasteiger partial charge in [0.15, 0.2) is 23.0 Å². The van der Waals surface area contributed by atoms with Crippen LogP contribution in [0.2, 0.25) is 0 Å². The minimum atomic E-state index is -1.62. The molecule has 2 aliphatic heterocycles. The monoisotopic (exact) mass is 1130 g/mol. The van der Waals surface area contributed by atoms with Crippen LogP contribution in [0.15, 0.2) is 36.4 Å². The maximum atomic E-state index is 14.3. The number of benzene rings is 2. The van der Waals surface area contributed by atoms with E-state index in [4.69, 9.17) is 53.3 Å². The predicted octanol–water partition coefficient (Wildman–Crippen LogP) is -3.70. The summed E-state index contributed by atoms with van der Waals surface area (Å²) in [4.78, 5) is 135. The van der Waals surface area contributed by atoms with Crippen molar-refractivity contribution in [3.63, 3.8) is 0 Å². The summed E-state index contributed by atoms with van der Waals surface area (Å²) in [5, 5.41) is 20.9. The Kier molecular flexibility index (Phi) is 27.6. The Morgan fingerprint density at radius 3 is 1.13 bits per heavy atom. The zero-order valence-electron chi connectivity index (χ0n) is 43.1. The number of ether oxygens (including phenoxy) is 4. The first kappa shape index (κ1) is 63.4. The van der Waals surface area contributed by atoms with Crippen LogP contribution in [0.5, 0.6) is 23.0 Å². The first-order valence-corrected chi connectivity index (χ1v) is 27.8.